The first-order chi connectivity index (χ1) is 8.34. The number of hydrogen-bond acceptors (Lipinski definition) is 2. The zero-order valence-corrected chi connectivity index (χ0v) is 11.1. The van der Waals surface area contributed by atoms with Gasteiger partial charge in [-0.2, -0.15) is 0 Å². The quantitative estimate of drug-likeness (QED) is 0.632. The van der Waals surface area contributed by atoms with Crippen LogP contribution >= 0.6 is 22.6 Å². The molecule has 0 spiro atoms. The van der Waals surface area contributed by atoms with E-state index in [2.05, 4.69) is 51.8 Å². The summed E-state index contributed by atoms with van der Waals surface area (Å²) in [5, 5.41) is 1.18. The lowest BCUT2D eigenvalue weighted by molar-refractivity contribution is 1.31. The van der Waals surface area contributed by atoms with Crippen molar-refractivity contribution in [3.8, 4) is 11.3 Å². The van der Waals surface area contributed by atoms with Crippen LogP contribution in [0.3, 0.4) is 0 Å². The van der Waals surface area contributed by atoms with Crippen molar-refractivity contribution in [1.29, 1.82) is 0 Å². The van der Waals surface area contributed by atoms with E-state index in [0.717, 1.165) is 16.8 Å². The Kier molecular flexibility index (Phi) is 2.76. The van der Waals surface area contributed by atoms with Crippen molar-refractivity contribution in [2.45, 2.75) is 0 Å². The van der Waals surface area contributed by atoms with Crippen LogP contribution in [-0.4, -0.2) is 9.97 Å². The zero-order chi connectivity index (χ0) is 11.7. The van der Waals surface area contributed by atoms with Gasteiger partial charge in [0.05, 0.1) is 11.2 Å². The molecule has 0 radical (unpaired) electrons. The molecule has 3 heteroatoms. The Bertz CT molecular complexity index is 665. The van der Waals surface area contributed by atoms with Gasteiger partial charge in [-0.15, -0.1) is 0 Å². The molecule has 2 nitrogen and oxygen atoms in total. The molecule has 0 aliphatic rings. The molecule has 0 unspecified atom stereocenters. The van der Waals surface area contributed by atoms with E-state index in [-0.39, 0.29) is 0 Å². The van der Waals surface area contributed by atoms with E-state index in [0.29, 0.717) is 0 Å². The monoisotopic (exact) mass is 332 g/mol. The molecule has 3 aromatic rings. The first-order valence-electron chi connectivity index (χ1n) is 5.30. The summed E-state index contributed by atoms with van der Waals surface area (Å²) in [6, 6.07) is 14.3. The Hall–Kier alpha value is -1.49. The summed E-state index contributed by atoms with van der Waals surface area (Å²) in [6.07, 6.45) is 3.58. The van der Waals surface area contributed by atoms with Crippen LogP contribution in [0.5, 0.6) is 0 Å². The van der Waals surface area contributed by atoms with Gasteiger partial charge >= 0.3 is 0 Å². The minimum absolute atomic E-state index is 0.990. The first-order valence-corrected chi connectivity index (χ1v) is 6.38. The molecule has 0 N–H and O–H groups in total. The standard InChI is InChI=1S/C14H9IN2/c15-12-3-1-2-11-4-5-13(17-14(11)12)10-6-8-16-9-7-10/h1-9H. The van der Waals surface area contributed by atoms with Gasteiger partial charge in [-0.3, -0.25) is 4.98 Å². The first kappa shape index (κ1) is 10.7. The molecule has 0 aliphatic carbocycles. The molecular weight excluding hydrogens is 323 g/mol. The van der Waals surface area contributed by atoms with Crippen LogP contribution in [0.15, 0.2) is 54.9 Å². The lowest BCUT2D eigenvalue weighted by Gasteiger charge is -2.04. The van der Waals surface area contributed by atoms with Crippen molar-refractivity contribution in [3.05, 3.63) is 58.4 Å². The van der Waals surface area contributed by atoms with Crippen LogP contribution in [0, 0.1) is 3.57 Å². The Morgan fingerprint density at radius 3 is 2.53 bits per heavy atom. The molecule has 2 aromatic heterocycles. The highest BCUT2D eigenvalue weighted by atomic mass is 127. The van der Waals surface area contributed by atoms with Gasteiger partial charge < -0.3 is 0 Å². The van der Waals surface area contributed by atoms with E-state index >= 15 is 0 Å². The minimum atomic E-state index is 0.990. The fourth-order valence-electron chi connectivity index (χ4n) is 1.79. The predicted molar refractivity (Wildman–Crippen MR) is 77.7 cm³/mol. The molecular formula is C14H9IN2. The van der Waals surface area contributed by atoms with Gasteiger partial charge in [0.15, 0.2) is 0 Å². The number of pyridine rings is 2. The second-order valence-corrected chi connectivity index (χ2v) is 4.91. The number of halogens is 1. The predicted octanol–water partition coefficient (Wildman–Crippen LogP) is 3.90. The fraction of sp³-hybridized carbons (Fsp3) is 0. The smallest absolute Gasteiger partial charge is 0.0842 e. The largest absolute Gasteiger partial charge is 0.265 e. The number of rotatable bonds is 1. The highest BCUT2D eigenvalue weighted by Gasteiger charge is 2.03. The lowest BCUT2D eigenvalue weighted by Crippen LogP contribution is -1.87. The van der Waals surface area contributed by atoms with Gasteiger partial charge in [0, 0.05) is 26.9 Å². The topological polar surface area (TPSA) is 25.8 Å². The Balaban J connectivity index is 2.23. The van der Waals surface area contributed by atoms with Crippen LogP contribution in [-0.2, 0) is 0 Å². The average molecular weight is 332 g/mol. The normalized spacial score (nSPS) is 10.6. The number of hydrogen-bond donors (Lipinski definition) is 0. The Morgan fingerprint density at radius 1 is 0.882 bits per heavy atom. The third-order valence-corrected chi connectivity index (χ3v) is 3.52. The highest BCUT2D eigenvalue weighted by molar-refractivity contribution is 14.1. The second kappa shape index (κ2) is 4.41. The molecule has 0 aliphatic heterocycles. The number of benzene rings is 1. The fourth-order valence-corrected chi connectivity index (χ4v) is 2.43. The summed E-state index contributed by atoms with van der Waals surface area (Å²) in [4.78, 5) is 8.73. The van der Waals surface area contributed by atoms with Gasteiger partial charge in [0.25, 0.3) is 0 Å². The van der Waals surface area contributed by atoms with Crippen LogP contribution in [0.2, 0.25) is 0 Å². The van der Waals surface area contributed by atoms with E-state index in [4.69, 9.17) is 4.98 Å². The van der Waals surface area contributed by atoms with E-state index < -0.39 is 0 Å². The Morgan fingerprint density at radius 2 is 1.71 bits per heavy atom. The maximum absolute atomic E-state index is 4.71. The number of aromatic nitrogens is 2. The van der Waals surface area contributed by atoms with Crippen molar-refractivity contribution >= 4 is 33.5 Å². The molecule has 0 amide bonds. The molecule has 0 atom stereocenters. The van der Waals surface area contributed by atoms with Gasteiger partial charge in [0.1, 0.15) is 0 Å². The van der Waals surface area contributed by atoms with Gasteiger partial charge in [-0.25, -0.2) is 4.98 Å². The summed E-state index contributed by atoms with van der Waals surface area (Å²) in [5.41, 5.74) is 3.15. The van der Waals surface area contributed by atoms with E-state index in [1.807, 2.05) is 18.2 Å². The van der Waals surface area contributed by atoms with Crippen molar-refractivity contribution < 1.29 is 0 Å². The molecule has 0 saturated heterocycles. The summed E-state index contributed by atoms with van der Waals surface area (Å²) < 4.78 is 1.18. The average Bonchev–Trinajstić information content (AvgIpc) is 2.40. The maximum Gasteiger partial charge on any atom is 0.0842 e. The highest BCUT2D eigenvalue weighted by Crippen LogP contribution is 2.23. The van der Waals surface area contributed by atoms with Crippen LogP contribution < -0.4 is 0 Å². The van der Waals surface area contributed by atoms with Gasteiger partial charge in [-0.05, 0) is 46.9 Å². The number of para-hydroxylation sites is 1. The molecule has 2 heterocycles. The van der Waals surface area contributed by atoms with Crippen molar-refractivity contribution in [3.63, 3.8) is 0 Å². The second-order valence-electron chi connectivity index (χ2n) is 3.74. The summed E-state index contributed by atoms with van der Waals surface area (Å²) in [6.45, 7) is 0. The lowest BCUT2D eigenvalue weighted by atomic mass is 10.1. The Labute approximate surface area is 113 Å². The van der Waals surface area contributed by atoms with E-state index in [9.17, 15) is 0 Å². The summed E-state index contributed by atoms with van der Waals surface area (Å²) in [7, 11) is 0. The maximum atomic E-state index is 4.71. The van der Waals surface area contributed by atoms with Crippen molar-refractivity contribution in [2.75, 3.05) is 0 Å². The molecule has 0 bridgehead atoms. The summed E-state index contributed by atoms with van der Waals surface area (Å²) >= 11 is 2.32. The van der Waals surface area contributed by atoms with Crippen LogP contribution in [0.1, 0.15) is 0 Å². The van der Waals surface area contributed by atoms with Crippen LogP contribution in [0.4, 0.5) is 0 Å². The third-order valence-electron chi connectivity index (χ3n) is 2.65. The molecule has 1 aromatic carbocycles. The minimum Gasteiger partial charge on any atom is -0.265 e. The van der Waals surface area contributed by atoms with E-state index in [1.54, 1.807) is 12.4 Å². The van der Waals surface area contributed by atoms with E-state index in [1.165, 1.54) is 8.96 Å². The molecule has 0 saturated carbocycles. The zero-order valence-electron chi connectivity index (χ0n) is 8.97. The number of fused-ring (bicyclic) bond motifs is 1. The molecule has 17 heavy (non-hydrogen) atoms. The summed E-state index contributed by atoms with van der Waals surface area (Å²) in [5.74, 6) is 0. The third kappa shape index (κ3) is 2.02. The molecule has 0 fully saturated rings. The number of nitrogens with zero attached hydrogens (tertiary/aromatic N) is 2. The SMILES string of the molecule is Ic1cccc2ccc(-c3ccncc3)nc12. The van der Waals surface area contributed by atoms with Crippen molar-refractivity contribution in [1.82, 2.24) is 9.97 Å². The van der Waals surface area contributed by atoms with Crippen LogP contribution in [0.25, 0.3) is 22.2 Å². The van der Waals surface area contributed by atoms with Crippen molar-refractivity contribution in [2.24, 2.45) is 0 Å². The van der Waals surface area contributed by atoms with Gasteiger partial charge in [-0.1, -0.05) is 18.2 Å². The molecule has 3 rings (SSSR count). The van der Waals surface area contributed by atoms with Gasteiger partial charge in [0.2, 0.25) is 0 Å². The molecule has 82 valence electrons.